The molecule has 1 aromatic carbocycles. The summed E-state index contributed by atoms with van der Waals surface area (Å²) in [5.74, 6) is 0.377. The van der Waals surface area contributed by atoms with Gasteiger partial charge in [0.15, 0.2) is 0 Å². The first-order valence-corrected chi connectivity index (χ1v) is 9.60. The van der Waals surface area contributed by atoms with Gasteiger partial charge in [0.05, 0.1) is 0 Å². The van der Waals surface area contributed by atoms with Crippen LogP contribution >= 0.6 is 0 Å². The molecule has 0 aliphatic carbocycles. The monoisotopic (exact) mass is 344 g/mol. The van der Waals surface area contributed by atoms with Crippen molar-refractivity contribution in [1.82, 2.24) is 4.90 Å². The Morgan fingerprint density at radius 2 is 1.48 bits per heavy atom. The number of likely N-dealkylation sites (tertiary alicyclic amines) is 1. The fourth-order valence-electron chi connectivity index (χ4n) is 3.45. The van der Waals surface area contributed by atoms with E-state index in [-0.39, 0.29) is 18.2 Å². The standard InChI is InChI=1S/C21H32N2O2/c1-15(2)17-10-9-11-18(16(3)4)21(17)22-19(24)14-20(25)23-12-7-5-6-8-13-23/h9-11,15-16H,5-8,12-14H2,1-4H3,(H,22,24). The minimum absolute atomic E-state index is 0.0486. The van der Waals surface area contributed by atoms with Crippen molar-refractivity contribution in [2.45, 2.75) is 71.6 Å². The Bertz CT molecular complexity index is 574. The van der Waals surface area contributed by atoms with Crippen LogP contribution in [0.2, 0.25) is 0 Å². The summed E-state index contributed by atoms with van der Waals surface area (Å²) in [4.78, 5) is 26.8. The molecule has 1 N–H and O–H groups in total. The van der Waals surface area contributed by atoms with Crippen LogP contribution < -0.4 is 5.32 Å². The van der Waals surface area contributed by atoms with E-state index < -0.39 is 0 Å². The predicted molar refractivity (Wildman–Crippen MR) is 103 cm³/mol. The predicted octanol–water partition coefficient (Wildman–Crippen LogP) is 4.66. The van der Waals surface area contributed by atoms with Crippen LogP contribution in [-0.2, 0) is 9.59 Å². The van der Waals surface area contributed by atoms with Gasteiger partial charge in [-0.3, -0.25) is 9.59 Å². The van der Waals surface area contributed by atoms with Gasteiger partial charge in [-0.1, -0.05) is 58.7 Å². The maximum absolute atomic E-state index is 12.5. The van der Waals surface area contributed by atoms with Crippen LogP contribution in [-0.4, -0.2) is 29.8 Å². The third-order valence-electron chi connectivity index (χ3n) is 4.91. The third kappa shape index (κ3) is 5.32. The zero-order valence-corrected chi connectivity index (χ0v) is 16.1. The van der Waals surface area contributed by atoms with Crippen molar-refractivity contribution >= 4 is 17.5 Å². The minimum Gasteiger partial charge on any atom is -0.342 e. The first kappa shape index (κ1) is 19.5. The van der Waals surface area contributed by atoms with Crippen LogP contribution in [0.4, 0.5) is 5.69 Å². The molecule has 0 radical (unpaired) electrons. The Morgan fingerprint density at radius 3 is 1.96 bits per heavy atom. The van der Waals surface area contributed by atoms with Crippen LogP contribution in [0.15, 0.2) is 18.2 Å². The molecule has 0 aromatic heterocycles. The van der Waals surface area contributed by atoms with Crippen molar-refractivity contribution < 1.29 is 9.59 Å². The largest absolute Gasteiger partial charge is 0.342 e. The maximum Gasteiger partial charge on any atom is 0.233 e. The van der Waals surface area contributed by atoms with Gasteiger partial charge in [-0.15, -0.1) is 0 Å². The lowest BCUT2D eigenvalue weighted by Crippen LogP contribution is -2.34. The molecule has 1 fully saturated rings. The van der Waals surface area contributed by atoms with E-state index in [0.29, 0.717) is 11.8 Å². The molecule has 2 rings (SSSR count). The van der Waals surface area contributed by atoms with E-state index in [0.717, 1.165) is 42.7 Å². The average Bonchev–Trinajstić information content (AvgIpc) is 2.83. The molecule has 1 saturated heterocycles. The van der Waals surface area contributed by atoms with Crippen molar-refractivity contribution in [3.8, 4) is 0 Å². The van der Waals surface area contributed by atoms with Crippen LogP contribution in [0, 0.1) is 0 Å². The maximum atomic E-state index is 12.5. The third-order valence-corrected chi connectivity index (χ3v) is 4.91. The number of nitrogens with zero attached hydrogens (tertiary/aromatic N) is 1. The molecule has 0 unspecified atom stereocenters. The number of benzene rings is 1. The van der Waals surface area contributed by atoms with Crippen molar-refractivity contribution in [1.29, 1.82) is 0 Å². The van der Waals surface area contributed by atoms with Crippen LogP contribution in [0.25, 0.3) is 0 Å². The van der Waals surface area contributed by atoms with E-state index in [1.807, 2.05) is 11.0 Å². The first-order valence-electron chi connectivity index (χ1n) is 9.60. The highest BCUT2D eigenvalue weighted by Crippen LogP contribution is 2.32. The van der Waals surface area contributed by atoms with Crippen molar-refractivity contribution in [3.05, 3.63) is 29.3 Å². The quantitative estimate of drug-likeness (QED) is 0.790. The Labute approximate surface area is 152 Å². The van der Waals surface area contributed by atoms with Crippen LogP contribution in [0.1, 0.15) is 82.8 Å². The topological polar surface area (TPSA) is 49.4 Å². The van der Waals surface area contributed by atoms with E-state index in [2.05, 4.69) is 45.1 Å². The van der Waals surface area contributed by atoms with Gasteiger partial charge < -0.3 is 10.2 Å². The molecule has 2 amide bonds. The normalized spacial score (nSPS) is 15.4. The number of rotatable bonds is 5. The second-order valence-electron chi connectivity index (χ2n) is 7.64. The fraction of sp³-hybridized carbons (Fsp3) is 0.619. The van der Waals surface area contributed by atoms with E-state index >= 15 is 0 Å². The molecule has 1 aliphatic heterocycles. The van der Waals surface area contributed by atoms with E-state index in [4.69, 9.17) is 0 Å². The minimum atomic E-state index is -0.204. The Morgan fingerprint density at radius 1 is 0.960 bits per heavy atom. The summed E-state index contributed by atoms with van der Waals surface area (Å²) in [6, 6.07) is 6.16. The summed E-state index contributed by atoms with van der Waals surface area (Å²) in [6.45, 7) is 10.1. The van der Waals surface area contributed by atoms with E-state index in [9.17, 15) is 9.59 Å². The van der Waals surface area contributed by atoms with Crippen molar-refractivity contribution in [3.63, 3.8) is 0 Å². The van der Waals surface area contributed by atoms with Gasteiger partial charge in [0, 0.05) is 18.8 Å². The number of hydrogen-bond acceptors (Lipinski definition) is 2. The molecule has 1 aliphatic rings. The number of anilines is 1. The second kappa shape index (κ2) is 9.02. The summed E-state index contributed by atoms with van der Waals surface area (Å²) in [5.41, 5.74) is 3.14. The number of hydrogen-bond donors (Lipinski definition) is 1. The lowest BCUT2D eigenvalue weighted by atomic mass is 9.92. The molecule has 1 heterocycles. The van der Waals surface area contributed by atoms with Gasteiger partial charge in [0.2, 0.25) is 11.8 Å². The zero-order valence-electron chi connectivity index (χ0n) is 16.1. The van der Waals surface area contributed by atoms with Crippen LogP contribution in [0.5, 0.6) is 0 Å². The second-order valence-corrected chi connectivity index (χ2v) is 7.64. The van der Waals surface area contributed by atoms with E-state index in [1.54, 1.807) is 0 Å². The molecule has 1 aromatic rings. The molecular weight excluding hydrogens is 312 g/mol. The van der Waals surface area contributed by atoms with Gasteiger partial charge in [0.25, 0.3) is 0 Å². The van der Waals surface area contributed by atoms with Crippen molar-refractivity contribution in [2.75, 3.05) is 18.4 Å². The molecule has 0 atom stereocenters. The number of amides is 2. The molecular formula is C21H32N2O2. The molecule has 4 nitrogen and oxygen atoms in total. The van der Waals surface area contributed by atoms with Gasteiger partial charge in [-0.25, -0.2) is 0 Å². The number of nitrogens with one attached hydrogen (secondary N) is 1. The molecule has 138 valence electrons. The number of carbonyl (C=O) groups excluding carboxylic acids is 2. The first-order chi connectivity index (χ1) is 11.9. The lowest BCUT2D eigenvalue weighted by molar-refractivity contribution is -0.134. The van der Waals surface area contributed by atoms with Gasteiger partial charge in [-0.2, -0.15) is 0 Å². The summed E-state index contributed by atoms with van der Waals surface area (Å²) in [5, 5.41) is 3.04. The Kier molecular flexibility index (Phi) is 7.03. The van der Waals surface area contributed by atoms with Gasteiger partial charge in [0.1, 0.15) is 6.42 Å². The summed E-state index contributed by atoms with van der Waals surface area (Å²) >= 11 is 0. The number of para-hydroxylation sites is 1. The Hall–Kier alpha value is -1.84. The fourth-order valence-corrected chi connectivity index (χ4v) is 3.45. The number of carbonyl (C=O) groups is 2. The smallest absolute Gasteiger partial charge is 0.233 e. The summed E-state index contributed by atoms with van der Waals surface area (Å²) < 4.78 is 0. The molecule has 25 heavy (non-hydrogen) atoms. The van der Waals surface area contributed by atoms with Crippen LogP contribution in [0.3, 0.4) is 0 Å². The van der Waals surface area contributed by atoms with Gasteiger partial charge in [-0.05, 0) is 35.8 Å². The lowest BCUT2D eigenvalue weighted by Gasteiger charge is -2.22. The molecule has 0 spiro atoms. The Balaban J connectivity index is 2.10. The average molecular weight is 344 g/mol. The summed E-state index contributed by atoms with van der Waals surface area (Å²) in [6.07, 6.45) is 4.37. The van der Waals surface area contributed by atoms with Crippen molar-refractivity contribution in [2.24, 2.45) is 0 Å². The highest BCUT2D eigenvalue weighted by molar-refractivity contribution is 6.04. The SMILES string of the molecule is CC(C)c1cccc(C(C)C)c1NC(=O)CC(=O)N1CCCCCC1. The molecule has 0 bridgehead atoms. The summed E-state index contributed by atoms with van der Waals surface area (Å²) in [7, 11) is 0. The van der Waals surface area contributed by atoms with Gasteiger partial charge >= 0.3 is 0 Å². The highest BCUT2D eigenvalue weighted by atomic mass is 16.2. The molecule has 4 heteroatoms. The molecule has 0 saturated carbocycles. The highest BCUT2D eigenvalue weighted by Gasteiger charge is 2.21. The zero-order chi connectivity index (χ0) is 18.4. The van der Waals surface area contributed by atoms with E-state index in [1.165, 1.54) is 12.8 Å².